The molecule has 0 bridgehead atoms. The lowest BCUT2D eigenvalue weighted by Crippen LogP contribution is -2.45. The molecule has 0 aliphatic carbocycles. The number of rotatable bonds is 6. The standard InChI is InChI=1S/C13H20ClNO2/c1-13(2,9-17-3)15-8-12(16)10-4-6-11(14)7-5-10/h4-7,12,15-16H,8-9H2,1-3H3. The first-order chi connectivity index (χ1) is 7.94. The van der Waals surface area contributed by atoms with Gasteiger partial charge in [0.15, 0.2) is 0 Å². The van der Waals surface area contributed by atoms with Crippen LogP contribution < -0.4 is 5.32 Å². The molecule has 4 heteroatoms. The van der Waals surface area contributed by atoms with Gasteiger partial charge in [0, 0.05) is 24.2 Å². The Morgan fingerprint density at radius 1 is 1.35 bits per heavy atom. The summed E-state index contributed by atoms with van der Waals surface area (Å²) in [6.45, 7) is 5.15. The fourth-order valence-corrected chi connectivity index (χ4v) is 1.71. The highest BCUT2D eigenvalue weighted by atomic mass is 35.5. The summed E-state index contributed by atoms with van der Waals surface area (Å²) in [4.78, 5) is 0. The summed E-state index contributed by atoms with van der Waals surface area (Å²) in [6.07, 6.45) is -0.539. The van der Waals surface area contributed by atoms with Crippen molar-refractivity contribution < 1.29 is 9.84 Å². The van der Waals surface area contributed by atoms with Crippen LogP contribution in [0.5, 0.6) is 0 Å². The summed E-state index contributed by atoms with van der Waals surface area (Å²) in [5.74, 6) is 0. The van der Waals surface area contributed by atoms with E-state index in [2.05, 4.69) is 5.32 Å². The first kappa shape index (κ1) is 14.5. The third-order valence-electron chi connectivity index (χ3n) is 2.53. The van der Waals surface area contributed by atoms with Crippen LogP contribution in [0.25, 0.3) is 0 Å². The van der Waals surface area contributed by atoms with Crippen molar-refractivity contribution in [1.82, 2.24) is 5.32 Å². The van der Waals surface area contributed by atoms with Gasteiger partial charge in [-0.25, -0.2) is 0 Å². The van der Waals surface area contributed by atoms with Gasteiger partial charge in [0.2, 0.25) is 0 Å². The maximum absolute atomic E-state index is 10.00. The zero-order valence-electron chi connectivity index (χ0n) is 10.5. The smallest absolute Gasteiger partial charge is 0.0914 e. The number of halogens is 1. The summed E-state index contributed by atoms with van der Waals surface area (Å²) in [6, 6.07) is 7.22. The first-order valence-electron chi connectivity index (χ1n) is 5.62. The number of benzene rings is 1. The van der Waals surface area contributed by atoms with E-state index in [1.165, 1.54) is 0 Å². The van der Waals surface area contributed by atoms with Crippen LogP contribution in [0.2, 0.25) is 5.02 Å². The van der Waals surface area contributed by atoms with Gasteiger partial charge >= 0.3 is 0 Å². The molecule has 0 aromatic heterocycles. The Kier molecular flexibility index (Phi) is 5.40. The molecule has 0 aliphatic heterocycles. The molecule has 1 aromatic rings. The Labute approximate surface area is 108 Å². The van der Waals surface area contributed by atoms with Crippen molar-refractivity contribution in [2.75, 3.05) is 20.3 Å². The van der Waals surface area contributed by atoms with Gasteiger partial charge in [-0.2, -0.15) is 0 Å². The van der Waals surface area contributed by atoms with Crippen LogP contribution in [0, 0.1) is 0 Å². The molecule has 0 spiro atoms. The van der Waals surface area contributed by atoms with Crippen LogP contribution in [0.15, 0.2) is 24.3 Å². The quantitative estimate of drug-likeness (QED) is 0.822. The molecule has 1 unspecified atom stereocenters. The van der Waals surface area contributed by atoms with Gasteiger partial charge in [0.1, 0.15) is 0 Å². The van der Waals surface area contributed by atoms with Crippen LogP contribution in [0.3, 0.4) is 0 Å². The second kappa shape index (κ2) is 6.36. The average molecular weight is 258 g/mol. The van der Waals surface area contributed by atoms with E-state index in [9.17, 15) is 5.11 Å². The van der Waals surface area contributed by atoms with Crippen molar-refractivity contribution in [2.24, 2.45) is 0 Å². The van der Waals surface area contributed by atoms with Gasteiger partial charge in [0.05, 0.1) is 12.7 Å². The number of ether oxygens (including phenoxy) is 1. The van der Waals surface area contributed by atoms with Gasteiger partial charge in [-0.05, 0) is 31.5 Å². The zero-order valence-corrected chi connectivity index (χ0v) is 11.3. The molecular weight excluding hydrogens is 238 g/mol. The highest BCUT2D eigenvalue weighted by molar-refractivity contribution is 6.30. The van der Waals surface area contributed by atoms with Crippen molar-refractivity contribution in [2.45, 2.75) is 25.5 Å². The number of aliphatic hydroxyl groups excluding tert-OH is 1. The molecule has 96 valence electrons. The summed E-state index contributed by atoms with van der Waals surface area (Å²) >= 11 is 5.79. The van der Waals surface area contributed by atoms with Gasteiger partial charge in [-0.3, -0.25) is 0 Å². The van der Waals surface area contributed by atoms with Crippen LogP contribution >= 0.6 is 11.6 Å². The third kappa shape index (κ3) is 5.04. The topological polar surface area (TPSA) is 41.5 Å². The molecule has 1 atom stereocenters. The maximum atomic E-state index is 10.00. The second-order valence-corrected chi connectivity index (χ2v) is 5.20. The van der Waals surface area contributed by atoms with E-state index in [1.807, 2.05) is 26.0 Å². The minimum Gasteiger partial charge on any atom is -0.387 e. The molecule has 0 saturated heterocycles. The highest BCUT2D eigenvalue weighted by Crippen LogP contribution is 2.16. The number of hydrogen-bond acceptors (Lipinski definition) is 3. The van der Waals surface area contributed by atoms with Gasteiger partial charge in [0.25, 0.3) is 0 Å². The van der Waals surface area contributed by atoms with Crippen LogP contribution in [-0.4, -0.2) is 30.9 Å². The molecule has 0 amide bonds. The van der Waals surface area contributed by atoms with Crippen LogP contribution in [0.4, 0.5) is 0 Å². The monoisotopic (exact) mass is 257 g/mol. The first-order valence-corrected chi connectivity index (χ1v) is 6.00. The summed E-state index contributed by atoms with van der Waals surface area (Å²) < 4.78 is 5.10. The van der Waals surface area contributed by atoms with Crippen LogP contribution in [-0.2, 0) is 4.74 Å². The Balaban J connectivity index is 2.49. The van der Waals surface area contributed by atoms with E-state index in [-0.39, 0.29) is 5.54 Å². The van der Waals surface area contributed by atoms with Crippen molar-refractivity contribution in [3.8, 4) is 0 Å². The van der Waals surface area contributed by atoms with E-state index in [0.717, 1.165) is 5.56 Å². The molecule has 1 rings (SSSR count). The van der Waals surface area contributed by atoms with E-state index >= 15 is 0 Å². The Morgan fingerprint density at radius 3 is 2.47 bits per heavy atom. The molecule has 0 heterocycles. The second-order valence-electron chi connectivity index (χ2n) is 4.77. The number of nitrogens with one attached hydrogen (secondary N) is 1. The Hall–Kier alpha value is -0.610. The van der Waals surface area contributed by atoms with E-state index < -0.39 is 6.10 Å². The van der Waals surface area contributed by atoms with Crippen LogP contribution in [0.1, 0.15) is 25.5 Å². The predicted molar refractivity (Wildman–Crippen MR) is 70.4 cm³/mol. The summed E-state index contributed by atoms with van der Waals surface area (Å²) in [5, 5.41) is 13.9. The van der Waals surface area contributed by atoms with Crippen molar-refractivity contribution in [3.63, 3.8) is 0 Å². The molecule has 2 N–H and O–H groups in total. The lowest BCUT2D eigenvalue weighted by molar-refractivity contribution is 0.107. The fourth-order valence-electron chi connectivity index (χ4n) is 1.59. The van der Waals surface area contributed by atoms with Crippen molar-refractivity contribution >= 4 is 11.6 Å². The molecule has 0 saturated carbocycles. The molecule has 0 fully saturated rings. The molecule has 17 heavy (non-hydrogen) atoms. The fraction of sp³-hybridized carbons (Fsp3) is 0.538. The lowest BCUT2D eigenvalue weighted by atomic mass is 10.1. The largest absolute Gasteiger partial charge is 0.387 e. The minimum atomic E-state index is -0.539. The number of aliphatic hydroxyl groups is 1. The van der Waals surface area contributed by atoms with Crippen molar-refractivity contribution in [3.05, 3.63) is 34.9 Å². The number of β-amino-alcohol motifs (C(OH)–C–C–N with tert-alkyl or cyclic N) is 1. The highest BCUT2D eigenvalue weighted by Gasteiger charge is 2.18. The minimum absolute atomic E-state index is 0.151. The Morgan fingerprint density at radius 2 is 1.94 bits per heavy atom. The maximum Gasteiger partial charge on any atom is 0.0914 e. The summed E-state index contributed by atoms with van der Waals surface area (Å²) in [5.41, 5.74) is 0.706. The molecule has 3 nitrogen and oxygen atoms in total. The predicted octanol–water partition coefficient (Wildman–Crippen LogP) is 2.39. The Bertz CT molecular complexity index is 338. The third-order valence-corrected chi connectivity index (χ3v) is 2.79. The van der Waals surface area contributed by atoms with E-state index in [0.29, 0.717) is 18.2 Å². The molecule has 0 aliphatic rings. The van der Waals surface area contributed by atoms with E-state index in [4.69, 9.17) is 16.3 Å². The molecular formula is C13H20ClNO2. The zero-order chi connectivity index (χ0) is 12.9. The number of methoxy groups -OCH3 is 1. The number of hydrogen-bond donors (Lipinski definition) is 2. The molecule has 1 aromatic carbocycles. The van der Waals surface area contributed by atoms with Crippen molar-refractivity contribution in [1.29, 1.82) is 0 Å². The summed E-state index contributed by atoms with van der Waals surface area (Å²) in [7, 11) is 1.67. The van der Waals surface area contributed by atoms with Gasteiger partial charge < -0.3 is 15.2 Å². The van der Waals surface area contributed by atoms with Gasteiger partial charge in [-0.15, -0.1) is 0 Å². The van der Waals surface area contributed by atoms with Gasteiger partial charge in [-0.1, -0.05) is 23.7 Å². The average Bonchev–Trinajstić information content (AvgIpc) is 2.27. The lowest BCUT2D eigenvalue weighted by Gasteiger charge is -2.27. The van der Waals surface area contributed by atoms with E-state index in [1.54, 1.807) is 19.2 Å². The molecule has 0 radical (unpaired) electrons. The SMILES string of the molecule is COCC(C)(C)NCC(O)c1ccc(Cl)cc1. The normalized spacial score (nSPS) is 13.7.